The summed E-state index contributed by atoms with van der Waals surface area (Å²) in [7, 11) is 0. The smallest absolute Gasteiger partial charge is 0.255 e. The van der Waals surface area contributed by atoms with Crippen LogP contribution >= 0.6 is 0 Å². The molecule has 4 aromatic rings. The molecule has 2 aromatic carbocycles. The highest BCUT2D eigenvalue weighted by Crippen LogP contribution is 2.25. The van der Waals surface area contributed by atoms with E-state index in [2.05, 4.69) is 15.3 Å². The summed E-state index contributed by atoms with van der Waals surface area (Å²) in [5, 5.41) is 4.41. The van der Waals surface area contributed by atoms with Crippen molar-refractivity contribution in [2.75, 3.05) is 11.9 Å². The van der Waals surface area contributed by atoms with Gasteiger partial charge in [-0.05, 0) is 30.7 Å². The second-order valence-electron chi connectivity index (χ2n) is 6.77. The van der Waals surface area contributed by atoms with Gasteiger partial charge in [-0.2, -0.15) is 0 Å². The molecule has 0 unspecified atom stereocenters. The fraction of sp³-hybridized carbons (Fsp3) is 0.125. The van der Waals surface area contributed by atoms with Crippen LogP contribution in [0.5, 0.6) is 0 Å². The topological polar surface area (TPSA) is 58.1 Å². The molecule has 4 rings (SSSR count). The number of hydrogen-bond donors (Lipinski definition) is 1. The molecular weight excluding hydrogens is 360 g/mol. The van der Waals surface area contributed by atoms with Crippen molar-refractivity contribution in [1.82, 2.24) is 14.9 Å². The predicted molar refractivity (Wildman–Crippen MR) is 116 cm³/mol. The van der Waals surface area contributed by atoms with E-state index in [1.165, 1.54) is 0 Å². The molecule has 0 bridgehead atoms. The van der Waals surface area contributed by atoms with Crippen LogP contribution in [0.15, 0.2) is 85.3 Å². The standard InChI is InChI=1S/C24H22N4O/c1-2-28(17-18-8-4-3-5-9-18)24(29)20-14-21(16-25-15-20)27-22-12-6-10-19-11-7-13-26-23(19)22/h3-16,27H,2,17H2,1H3. The van der Waals surface area contributed by atoms with Gasteiger partial charge >= 0.3 is 0 Å². The van der Waals surface area contributed by atoms with Crippen molar-refractivity contribution in [1.29, 1.82) is 0 Å². The van der Waals surface area contributed by atoms with Crippen LogP contribution in [0.3, 0.4) is 0 Å². The van der Waals surface area contributed by atoms with E-state index in [4.69, 9.17) is 0 Å². The Bertz CT molecular complexity index is 1120. The van der Waals surface area contributed by atoms with E-state index in [9.17, 15) is 4.79 Å². The third-order valence-corrected chi connectivity index (χ3v) is 4.78. The van der Waals surface area contributed by atoms with E-state index in [-0.39, 0.29) is 5.91 Å². The SMILES string of the molecule is CCN(Cc1ccccc1)C(=O)c1cncc(Nc2cccc3cccnc23)c1. The number of anilines is 2. The van der Waals surface area contributed by atoms with Gasteiger partial charge in [-0.15, -0.1) is 0 Å². The Balaban J connectivity index is 1.57. The Kier molecular flexibility index (Phi) is 5.47. The number of aromatic nitrogens is 2. The number of para-hydroxylation sites is 1. The number of carbonyl (C=O) groups is 1. The first-order valence-electron chi connectivity index (χ1n) is 9.63. The van der Waals surface area contributed by atoms with Gasteiger partial charge in [0, 0.05) is 30.9 Å². The summed E-state index contributed by atoms with van der Waals surface area (Å²) >= 11 is 0. The van der Waals surface area contributed by atoms with Crippen molar-refractivity contribution in [3.8, 4) is 0 Å². The molecule has 0 saturated heterocycles. The summed E-state index contributed by atoms with van der Waals surface area (Å²) in [4.78, 5) is 23.6. The third-order valence-electron chi connectivity index (χ3n) is 4.78. The Labute approximate surface area is 170 Å². The van der Waals surface area contributed by atoms with E-state index in [0.29, 0.717) is 18.7 Å². The van der Waals surface area contributed by atoms with Gasteiger partial charge < -0.3 is 10.2 Å². The quantitative estimate of drug-likeness (QED) is 0.508. The Morgan fingerprint density at radius 3 is 2.66 bits per heavy atom. The molecule has 0 radical (unpaired) electrons. The van der Waals surface area contributed by atoms with E-state index < -0.39 is 0 Å². The molecule has 1 N–H and O–H groups in total. The minimum atomic E-state index is -0.0384. The Morgan fingerprint density at radius 1 is 1.00 bits per heavy atom. The molecule has 0 saturated carbocycles. The number of rotatable bonds is 6. The summed E-state index contributed by atoms with van der Waals surface area (Å²) in [5.41, 5.74) is 4.18. The van der Waals surface area contributed by atoms with Gasteiger partial charge in [0.2, 0.25) is 0 Å². The Morgan fingerprint density at radius 2 is 1.83 bits per heavy atom. The summed E-state index contributed by atoms with van der Waals surface area (Å²) < 4.78 is 0. The molecule has 0 atom stereocenters. The number of benzene rings is 2. The number of pyridine rings is 2. The fourth-order valence-electron chi connectivity index (χ4n) is 3.30. The van der Waals surface area contributed by atoms with E-state index in [1.807, 2.05) is 78.6 Å². The van der Waals surface area contributed by atoms with Crippen molar-refractivity contribution in [2.45, 2.75) is 13.5 Å². The average molecular weight is 382 g/mol. The second kappa shape index (κ2) is 8.52. The van der Waals surface area contributed by atoms with Crippen LogP contribution in [0.4, 0.5) is 11.4 Å². The molecule has 5 nitrogen and oxygen atoms in total. The number of carbonyl (C=O) groups excluding carboxylic acids is 1. The number of fused-ring (bicyclic) bond motifs is 1. The van der Waals surface area contributed by atoms with Crippen molar-refractivity contribution in [3.63, 3.8) is 0 Å². The van der Waals surface area contributed by atoms with Crippen molar-refractivity contribution < 1.29 is 4.79 Å². The lowest BCUT2D eigenvalue weighted by atomic mass is 10.1. The molecule has 0 aliphatic carbocycles. The van der Waals surface area contributed by atoms with Crippen molar-refractivity contribution in [2.24, 2.45) is 0 Å². The summed E-state index contributed by atoms with van der Waals surface area (Å²) in [5.74, 6) is -0.0384. The maximum Gasteiger partial charge on any atom is 0.255 e. The highest BCUT2D eigenvalue weighted by Gasteiger charge is 2.15. The van der Waals surface area contributed by atoms with Gasteiger partial charge in [0.1, 0.15) is 0 Å². The molecule has 2 aromatic heterocycles. The summed E-state index contributed by atoms with van der Waals surface area (Å²) in [6.07, 6.45) is 5.10. The highest BCUT2D eigenvalue weighted by molar-refractivity contribution is 5.96. The first-order chi connectivity index (χ1) is 14.2. The maximum atomic E-state index is 13.0. The van der Waals surface area contributed by atoms with Gasteiger partial charge in [-0.3, -0.25) is 14.8 Å². The van der Waals surface area contributed by atoms with Crippen LogP contribution in [0.1, 0.15) is 22.8 Å². The second-order valence-corrected chi connectivity index (χ2v) is 6.77. The molecule has 144 valence electrons. The zero-order valence-electron chi connectivity index (χ0n) is 16.2. The summed E-state index contributed by atoms with van der Waals surface area (Å²) in [6, 6.07) is 21.7. The highest BCUT2D eigenvalue weighted by atomic mass is 16.2. The van der Waals surface area contributed by atoms with Crippen LogP contribution in [-0.4, -0.2) is 27.3 Å². The van der Waals surface area contributed by atoms with E-state index in [1.54, 1.807) is 18.6 Å². The van der Waals surface area contributed by atoms with Crippen LogP contribution in [0, 0.1) is 0 Å². The molecular formula is C24H22N4O. The number of amides is 1. The van der Waals surface area contributed by atoms with E-state index >= 15 is 0 Å². The molecule has 29 heavy (non-hydrogen) atoms. The van der Waals surface area contributed by atoms with Crippen molar-refractivity contribution in [3.05, 3.63) is 96.4 Å². The van der Waals surface area contributed by atoms with Crippen LogP contribution < -0.4 is 5.32 Å². The largest absolute Gasteiger partial charge is 0.352 e. The predicted octanol–water partition coefficient (Wildman–Crippen LogP) is 5.04. The average Bonchev–Trinajstić information content (AvgIpc) is 2.78. The van der Waals surface area contributed by atoms with E-state index in [0.717, 1.165) is 27.8 Å². The number of hydrogen-bond acceptors (Lipinski definition) is 4. The van der Waals surface area contributed by atoms with Gasteiger partial charge in [0.15, 0.2) is 0 Å². The zero-order chi connectivity index (χ0) is 20.1. The molecule has 0 spiro atoms. The molecule has 0 aliphatic heterocycles. The maximum absolute atomic E-state index is 13.0. The number of nitrogens with one attached hydrogen (secondary N) is 1. The van der Waals surface area contributed by atoms with Crippen LogP contribution in [0.25, 0.3) is 10.9 Å². The van der Waals surface area contributed by atoms with Gasteiger partial charge in [-0.1, -0.05) is 48.5 Å². The van der Waals surface area contributed by atoms with Crippen LogP contribution in [0.2, 0.25) is 0 Å². The van der Waals surface area contributed by atoms with Gasteiger partial charge in [-0.25, -0.2) is 0 Å². The molecule has 0 aliphatic rings. The minimum Gasteiger partial charge on any atom is -0.352 e. The first kappa shape index (κ1) is 18.6. The first-order valence-corrected chi connectivity index (χ1v) is 9.63. The Hall–Kier alpha value is -3.73. The molecule has 0 fully saturated rings. The van der Waals surface area contributed by atoms with Gasteiger partial charge in [0.25, 0.3) is 5.91 Å². The fourth-order valence-corrected chi connectivity index (χ4v) is 3.30. The lowest BCUT2D eigenvalue weighted by molar-refractivity contribution is 0.0752. The minimum absolute atomic E-state index is 0.0384. The van der Waals surface area contributed by atoms with Crippen LogP contribution in [-0.2, 0) is 6.54 Å². The zero-order valence-corrected chi connectivity index (χ0v) is 16.2. The molecule has 5 heteroatoms. The molecule has 2 heterocycles. The lowest BCUT2D eigenvalue weighted by Crippen LogP contribution is -2.30. The number of nitrogens with zero attached hydrogens (tertiary/aromatic N) is 3. The third kappa shape index (κ3) is 4.24. The molecule has 1 amide bonds. The van der Waals surface area contributed by atoms with Crippen molar-refractivity contribution >= 4 is 28.2 Å². The lowest BCUT2D eigenvalue weighted by Gasteiger charge is -2.21. The van der Waals surface area contributed by atoms with Gasteiger partial charge in [0.05, 0.1) is 28.7 Å². The summed E-state index contributed by atoms with van der Waals surface area (Å²) in [6.45, 7) is 3.18. The normalized spacial score (nSPS) is 10.7. The monoisotopic (exact) mass is 382 g/mol.